The van der Waals surface area contributed by atoms with Crippen LogP contribution in [0.3, 0.4) is 0 Å². The molecular formula is C20H21Cl2N3O6. The van der Waals surface area contributed by atoms with E-state index in [0.29, 0.717) is 22.3 Å². The Morgan fingerprint density at radius 2 is 1.39 bits per heavy atom. The second kappa shape index (κ2) is 10.8. The highest BCUT2D eigenvalue weighted by atomic mass is 35.5. The minimum atomic E-state index is -1.43. The van der Waals surface area contributed by atoms with Gasteiger partial charge in [-0.2, -0.15) is 10.2 Å². The van der Waals surface area contributed by atoms with Crippen molar-refractivity contribution in [3.63, 3.8) is 0 Å². The van der Waals surface area contributed by atoms with Gasteiger partial charge in [-0.1, -0.05) is 23.2 Å². The summed E-state index contributed by atoms with van der Waals surface area (Å²) in [4.78, 5) is 24.8. The Labute approximate surface area is 189 Å². The molecule has 0 aliphatic carbocycles. The Hall–Kier alpha value is -3.04. The van der Waals surface area contributed by atoms with Gasteiger partial charge in [0.1, 0.15) is 28.7 Å². The monoisotopic (exact) mass is 469 g/mol. The highest BCUT2D eigenvalue weighted by Gasteiger charge is 2.25. The molecular weight excluding hydrogens is 449 g/mol. The number of carbonyl (C=O) groups is 2. The average molecular weight is 470 g/mol. The van der Waals surface area contributed by atoms with E-state index in [0.717, 1.165) is 0 Å². The predicted octanol–water partition coefficient (Wildman–Crippen LogP) is 4.71. The van der Waals surface area contributed by atoms with Gasteiger partial charge in [0, 0.05) is 18.2 Å². The number of ether oxygens (including phenoxy) is 4. The molecule has 0 saturated carbocycles. The number of nitrogens with one attached hydrogen (secondary N) is 1. The molecule has 0 aromatic heterocycles. The number of hydrogen-bond acceptors (Lipinski definition) is 8. The lowest BCUT2D eigenvalue weighted by Gasteiger charge is -2.15. The second-order valence-corrected chi connectivity index (χ2v) is 6.88. The van der Waals surface area contributed by atoms with E-state index in [1.54, 1.807) is 0 Å². The van der Waals surface area contributed by atoms with Crippen LogP contribution >= 0.6 is 23.2 Å². The van der Waals surface area contributed by atoms with Crippen LogP contribution in [-0.2, 0) is 9.59 Å². The summed E-state index contributed by atoms with van der Waals surface area (Å²) in [6.45, 7) is 1.22. The fourth-order valence-electron chi connectivity index (χ4n) is 2.52. The minimum Gasteiger partial charge on any atom is -0.495 e. The van der Waals surface area contributed by atoms with Gasteiger partial charge in [0.2, 0.25) is 6.04 Å². The number of Topliss-reactive ketones (excluding diaryl/α,β-unsaturated/α-hetero) is 1. The molecule has 2 aromatic rings. The first-order chi connectivity index (χ1) is 14.7. The number of amides is 1. The summed E-state index contributed by atoms with van der Waals surface area (Å²) in [5.41, 5.74) is 0.471. The van der Waals surface area contributed by atoms with Gasteiger partial charge in [-0.25, -0.2) is 0 Å². The Morgan fingerprint density at radius 3 is 1.94 bits per heavy atom. The lowest BCUT2D eigenvalue weighted by molar-refractivity contribution is -0.126. The third-order valence-corrected chi connectivity index (χ3v) is 4.69. The van der Waals surface area contributed by atoms with Gasteiger partial charge in [0.05, 0.1) is 44.2 Å². The van der Waals surface area contributed by atoms with Gasteiger partial charge in [0.25, 0.3) is 5.91 Å². The SMILES string of the molecule is COc1cc(N=NC(C(C)=O)C(=O)Nc2cc(Cl)c(OC)cc2OC)c(OC)cc1Cl. The predicted molar refractivity (Wildman–Crippen MR) is 117 cm³/mol. The van der Waals surface area contributed by atoms with Crippen LogP contribution < -0.4 is 24.3 Å². The van der Waals surface area contributed by atoms with Crippen LogP contribution in [0.15, 0.2) is 34.5 Å². The molecule has 9 nitrogen and oxygen atoms in total. The summed E-state index contributed by atoms with van der Waals surface area (Å²) in [6.07, 6.45) is 0. The molecule has 2 aromatic carbocycles. The molecule has 1 atom stereocenters. The number of hydrogen-bond donors (Lipinski definition) is 1. The molecule has 11 heteroatoms. The number of anilines is 1. The molecule has 2 rings (SSSR count). The van der Waals surface area contributed by atoms with E-state index in [-0.39, 0.29) is 22.1 Å². The first kappa shape index (κ1) is 24.2. The van der Waals surface area contributed by atoms with Crippen molar-refractivity contribution in [2.24, 2.45) is 10.2 Å². The molecule has 0 heterocycles. The lowest BCUT2D eigenvalue weighted by Crippen LogP contribution is -2.32. The number of rotatable bonds is 9. The van der Waals surface area contributed by atoms with Crippen LogP contribution in [0.4, 0.5) is 11.4 Å². The van der Waals surface area contributed by atoms with Crippen LogP contribution in [-0.4, -0.2) is 46.2 Å². The summed E-state index contributed by atoms with van der Waals surface area (Å²) >= 11 is 12.2. The Kier molecular flexibility index (Phi) is 8.47. The molecule has 166 valence electrons. The fourth-order valence-corrected chi connectivity index (χ4v) is 2.99. The molecule has 0 aliphatic heterocycles. The second-order valence-electron chi connectivity index (χ2n) is 6.06. The molecule has 31 heavy (non-hydrogen) atoms. The smallest absolute Gasteiger partial charge is 0.258 e. The number of halogens is 2. The van der Waals surface area contributed by atoms with Gasteiger partial charge < -0.3 is 24.3 Å². The molecule has 1 N–H and O–H groups in total. The lowest BCUT2D eigenvalue weighted by atomic mass is 10.2. The molecule has 1 unspecified atom stereocenters. The summed E-state index contributed by atoms with van der Waals surface area (Å²) in [7, 11) is 5.73. The van der Waals surface area contributed by atoms with Gasteiger partial charge >= 0.3 is 0 Å². The van der Waals surface area contributed by atoms with Crippen LogP contribution in [0, 0.1) is 0 Å². The summed E-state index contributed by atoms with van der Waals surface area (Å²) in [5.74, 6) is 0.0233. The number of carbonyl (C=O) groups excluding carboxylic acids is 2. The number of azo groups is 1. The first-order valence-electron chi connectivity index (χ1n) is 8.80. The molecule has 0 bridgehead atoms. The van der Waals surface area contributed by atoms with Crippen molar-refractivity contribution in [1.29, 1.82) is 0 Å². The van der Waals surface area contributed by atoms with Gasteiger partial charge in [-0.3, -0.25) is 9.59 Å². The molecule has 0 spiro atoms. The van der Waals surface area contributed by atoms with Crippen molar-refractivity contribution in [1.82, 2.24) is 0 Å². The zero-order valence-electron chi connectivity index (χ0n) is 17.5. The maximum absolute atomic E-state index is 12.7. The standard InChI is InChI=1S/C20H21Cl2N3O6/c1-10(26)19(25-24-14-8-15(28-2)12(22)7-17(14)30-4)20(27)23-13-6-11(21)16(29-3)9-18(13)31-5/h6-9,19H,1-5H3,(H,23,27). The van der Waals surface area contributed by atoms with Crippen LogP contribution in [0.1, 0.15) is 6.92 Å². The minimum absolute atomic E-state index is 0.230. The first-order valence-corrected chi connectivity index (χ1v) is 9.56. The Morgan fingerprint density at radius 1 is 0.839 bits per heavy atom. The number of methoxy groups -OCH3 is 4. The van der Waals surface area contributed by atoms with Gasteiger partial charge in [0.15, 0.2) is 5.78 Å². The highest BCUT2D eigenvalue weighted by Crippen LogP contribution is 2.38. The molecule has 0 radical (unpaired) electrons. The van der Waals surface area contributed by atoms with Crippen LogP contribution in [0.2, 0.25) is 10.0 Å². The average Bonchev–Trinajstić information content (AvgIpc) is 2.74. The highest BCUT2D eigenvalue weighted by molar-refractivity contribution is 6.32. The van der Waals surface area contributed by atoms with E-state index in [9.17, 15) is 9.59 Å². The quantitative estimate of drug-likeness (QED) is 0.420. The summed E-state index contributed by atoms with van der Waals surface area (Å²) in [6, 6.07) is 4.48. The van der Waals surface area contributed by atoms with Crippen molar-refractivity contribution >= 4 is 46.3 Å². The van der Waals surface area contributed by atoms with Crippen molar-refractivity contribution in [3.8, 4) is 23.0 Å². The zero-order chi connectivity index (χ0) is 23.1. The molecule has 1 amide bonds. The molecule has 0 aliphatic rings. The van der Waals surface area contributed by atoms with E-state index in [1.807, 2.05) is 0 Å². The summed E-state index contributed by atoms with van der Waals surface area (Å²) < 4.78 is 20.7. The summed E-state index contributed by atoms with van der Waals surface area (Å²) in [5, 5.41) is 11.0. The number of benzene rings is 2. The third-order valence-electron chi connectivity index (χ3n) is 4.10. The Balaban J connectivity index is 2.34. The largest absolute Gasteiger partial charge is 0.495 e. The number of ketones is 1. The van der Waals surface area contributed by atoms with Crippen LogP contribution in [0.25, 0.3) is 0 Å². The van der Waals surface area contributed by atoms with Gasteiger partial charge in [-0.15, -0.1) is 0 Å². The van der Waals surface area contributed by atoms with E-state index >= 15 is 0 Å². The number of nitrogens with zero attached hydrogens (tertiary/aromatic N) is 2. The fraction of sp³-hybridized carbons (Fsp3) is 0.300. The van der Waals surface area contributed by atoms with E-state index < -0.39 is 17.7 Å². The van der Waals surface area contributed by atoms with Crippen molar-refractivity contribution < 1.29 is 28.5 Å². The maximum Gasteiger partial charge on any atom is 0.258 e. The Bertz CT molecular complexity index is 1010. The normalized spacial score (nSPS) is 11.7. The topological polar surface area (TPSA) is 108 Å². The maximum atomic E-state index is 12.7. The van der Waals surface area contributed by atoms with E-state index in [4.69, 9.17) is 42.1 Å². The van der Waals surface area contributed by atoms with Crippen molar-refractivity contribution in [2.45, 2.75) is 13.0 Å². The van der Waals surface area contributed by atoms with Crippen LogP contribution in [0.5, 0.6) is 23.0 Å². The van der Waals surface area contributed by atoms with Crippen molar-refractivity contribution in [3.05, 3.63) is 34.3 Å². The van der Waals surface area contributed by atoms with Crippen molar-refractivity contribution in [2.75, 3.05) is 33.8 Å². The zero-order valence-corrected chi connectivity index (χ0v) is 19.0. The third kappa shape index (κ3) is 5.77. The van der Waals surface area contributed by atoms with E-state index in [1.165, 1.54) is 59.6 Å². The van der Waals surface area contributed by atoms with E-state index in [2.05, 4.69) is 15.5 Å². The van der Waals surface area contributed by atoms with Gasteiger partial charge in [-0.05, 0) is 13.0 Å². The molecule has 0 fully saturated rings. The molecule has 0 saturated heterocycles.